The van der Waals surface area contributed by atoms with Gasteiger partial charge in [0.15, 0.2) is 0 Å². The number of hydrogen-bond donors (Lipinski definition) is 1. The van der Waals surface area contributed by atoms with Gasteiger partial charge in [0.1, 0.15) is 23.1 Å². The van der Waals surface area contributed by atoms with Crippen molar-refractivity contribution >= 4 is 28.4 Å². The van der Waals surface area contributed by atoms with Gasteiger partial charge < -0.3 is 5.32 Å². The van der Waals surface area contributed by atoms with Gasteiger partial charge >= 0.3 is 6.18 Å². The van der Waals surface area contributed by atoms with Gasteiger partial charge in [-0.2, -0.15) is 13.2 Å². The fourth-order valence-electron chi connectivity index (χ4n) is 2.39. The largest absolute Gasteiger partial charge is 0.405 e. The Hall–Kier alpha value is -2.68. The van der Waals surface area contributed by atoms with E-state index in [2.05, 4.69) is 10.2 Å². The number of benzene rings is 2. The zero-order valence-corrected chi connectivity index (χ0v) is 14.6. The first-order valence-corrected chi connectivity index (χ1v) is 8.80. The molecule has 0 saturated carbocycles. The Balaban J connectivity index is 1.83. The van der Waals surface area contributed by atoms with Crippen LogP contribution in [0.3, 0.4) is 0 Å². The molecule has 0 aliphatic carbocycles. The third kappa shape index (κ3) is 4.94. The molecule has 0 aliphatic heterocycles. The number of fused-ring (bicyclic) bond motifs is 1. The fourth-order valence-corrected chi connectivity index (χ4v) is 3.19. The summed E-state index contributed by atoms with van der Waals surface area (Å²) in [6.07, 6.45) is -4.45. The Labute approximate surface area is 156 Å². The molecule has 0 bridgehead atoms. The minimum atomic E-state index is -4.45. The fraction of sp³-hybridized carbons (Fsp3) is 0.167. The molecule has 0 saturated heterocycles. The molecular weight excluding hydrogens is 382 g/mol. The molecule has 3 rings (SSSR count). The van der Waals surface area contributed by atoms with Crippen LogP contribution in [0.4, 0.5) is 17.6 Å². The minimum Gasteiger partial charge on any atom is -0.346 e. The smallest absolute Gasteiger partial charge is 0.346 e. The quantitative estimate of drug-likeness (QED) is 0.520. The lowest BCUT2D eigenvalue weighted by Gasteiger charge is -2.10. The second-order valence-electron chi connectivity index (χ2n) is 5.59. The van der Waals surface area contributed by atoms with E-state index in [0.29, 0.717) is 21.7 Å². The van der Waals surface area contributed by atoms with Gasteiger partial charge in [0.05, 0.1) is 5.75 Å². The molecular formula is C18H13F4N3OS. The van der Waals surface area contributed by atoms with Crippen LogP contribution in [0.15, 0.2) is 53.6 Å². The highest BCUT2D eigenvalue weighted by molar-refractivity contribution is 8.00. The maximum atomic E-state index is 13.1. The van der Waals surface area contributed by atoms with Gasteiger partial charge in [-0.25, -0.2) is 4.39 Å². The van der Waals surface area contributed by atoms with E-state index in [1.54, 1.807) is 24.3 Å². The predicted octanol–water partition coefficient (Wildman–Crippen LogP) is 4.21. The third-order valence-corrected chi connectivity index (χ3v) is 4.58. The highest BCUT2D eigenvalue weighted by atomic mass is 32.2. The van der Waals surface area contributed by atoms with Crippen LogP contribution < -0.4 is 5.32 Å². The van der Waals surface area contributed by atoms with Gasteiger partial charge in [0.25, 0.3) is 0 Å². The average molecular weight is 395 g/mol. The van der Waals surface area contributed by atoms with Gasteiger partial charge in [-0.3, -0.25) is 4.79 Å². The monoisotopic (exact) mass is 395 g/mol. The van der Waals surface area contributed by atoms with Crippen molar-refractivity contribution in [3.05, 3.63) is 54.3 Å². The van der Waals surface area contributed by atoms with Gasteiger partial charge in [-0.15, -0.1) is 10.2 Å². The molecule has 2 aromatic carbocycles. The van der Waals surface area contributed by atoms with Crippen LogP contribution in [0.5, 0.6) is 0 Å². The predicted molar refractivity (Wildman–Crippen MR) is 94.7 cm³/mol. The molecule has 1 amide bonds. The molecule has 1 aromatic heterocycles. The molecule has 140 valence electrons. The number of rotatable bonds is 5. The highest BCUT2D eigenvalue weighted by Gasteiger charge is 2.27. The summed E-state index contributed by atoms with van der Waals surface area (Å²) in [6, 6.07) is 13.0. The van der Waals surface area contributed by atoms with E-state index in [4.69, 9.17) is 0 Å². The second kappa shape index (κ2) is 7.91. The van der Waals surface area contributed by atoms with Gasteiger partial charge in [-0.1, -0.05) is 36.0 Å². The van der Waals surface area contributed by atoms with Gasteiger partial charge in [0.2, 0.25) is 5.91 Å². The molecule has 0 radical (unpaired) electrons. The van der Waals surface area contributed by atoms with E-state index >= 15 is 0 Å². The van der Waals surface area contributed by atoms with E-state index in [-0.39, 0.29) is 11.6 Å². The lowest BCUT2D eigenvalue weighted by molar-refractivity contribution is -0.136. The van der Waals surface area contributed by atoms with E-state index in [9.17, 15) is 22.4 Å². The summed E-state index contributed by atoms with van der Waals surface area (Å²) >= 11 is 1.00. The Bertz CT molecular complexity index is 961. The van der Waals surface area contributed by atoms with Crippen LogP contribution in [0.25, 0.3) is 22.0 Å². The summed E-state index contributed by atoms with van der Waals surface area (Å²) < 4.78 is 49.6. The second-order valence-corrected chi connectivity index (χ2v) is 6.55. The number of carbonyl (C=O) groups excluding carboxylic acids is 1. The number of nitrogens with one attached hydrogen (secondary N) is 1. The molecule has 27 heavy (non-hydrogen) atoms. The maximum absolute atomic E-state index is 13.1. The van der Waals surface area contributed by atoms with Crippen molar-refractivity contribution in [3.63, 3.8) is 0 Å². The SMILES string of the molecule is O=C(CSc1nnc(-c2ccc(F)cc2)c2ccccc12)NCC(F)(F)F. The normalized spacial score (nSPS) is 11.6. The standard InChI is InChI=1S/C18H13F4N3OS/c19-12-7-5-11(6-8-12)16-13-3-1-2-4-14(13)17(25-24-16)27-9-15(26)23-10-18(20,21)22/h1-8H,9-10H2,(H,23,26). The molecule has 3 aromatic rings. The van der Waals surface area contributed by atoms with Crippen LogP contribution in [-0.4, -0.2) is 34.6 Å². The third-order valence-electron chi connectivity index (χ3n) is 3.60. The Morgan fingerprint density at radius 3 is 2.33 bits per heavy atom. The Morgan fingerprint density at radius 1 is 1.00 bits per heavy atom. The van der Waals surface area contributed by atoms with Crippen molar-refractivity contribution < 1.29 is 22.4 Å². The molecule has 4 nitrogen and oxygen atoms in total. The van der Waals surface area contributed by atoms with Crippen LogP contribution in [0.1, 0.15) is 0 Å². The molecule has 0 atom stereocenters. The number of halogens is 4. The van der Waals surface area contributed by atoms with E-state index < -0.39 is 18.6 Å². The van der Waals surface area contributed by atoms with Crippen molar-refractivity contribution in [2.24, 2.45) is 0 Å². The lowest BCUT2D eigenvalue weighted by Crippen LogP contribution is -2.34. The molecule has 0 aliphatic rings. The summed E-state index contributed by atoms with van der Waals surface area (Å²) in [5.41, 5.74) is 1.23. The maximum Gasteiger partial charge on any atom is 0.405 e. The number of amides is 1. The van der Waals surface area contributed by atoms with Crippen LogP contribution >= 0.6 is 11.8 Å². The van der Waals surface area contributed by atoms with Crippen molar-refractivity contribution in [2.45, 2.75) is 11.2 Å². The van der Waals surface area contributed by atoms with Crippen LogP contribution in [-0.2, 0) is 4.79 Å². The van der Waals surface area contributed by atoms with Crippen molar-refractivity contribution in [1.29, 1.82) is 0 Å². The Kier molecular flexibility index (Phi) is 5.59. The summed E-state index contributed by atoms with van der Waals surface area (Å²) in [5.74, 6) is -1.33. The number of alkyl halides is 3. The van der Waals surface area contributed by atoms with Crippen LogP contribution in [0, 0.1) is 5.82 Å². The molecule has 0 spiro atoms. The number of thioether (sulfide) groups is 1. The molecule has 0 unspecified atom stereocenters. The number of carbonyl (C=O) groups is 1. The average Bonchev–Trinajstić information content (AvgIpc) is 2.64. The van der Waals surface area contributed by atoms with E-state index in [1.807, 2.05) is 17.4 Å². The van der Waals surface area contributed by atoms with Gasteiger partial charge in [0, 0.05) is 16.3 Å². The molecule has 9 heteroatoms. The first-order chi connectivity index (χ1) is 12.8. The van der Waals surface area contributed by atoms with E-state index in [0.717, 1.165) is 17.1 Å². The summed E-state index contributed by atoms with van der Waals surface area (Å²) in [7, 11) is 0. The molecule has 1 heterocycles. The minimum absolute atomic E-state index is 0.218. The van der Waals surface area contributed by atoms with Gasteiger partial charge in [-0.05, 0) is 24.3 Å². The first-order valence-electron chi connectivity index (χ1n) is 7.81. The zero-order valence-electron chi connectivity index (χ0n) is 13.8. The lowest BCUT2D eigenvalue weighted by atomic mass is 10.1. The number of nitrogens with zero attached hydrogens (tertiary/aromatic N) is 2. The van der Waals surface area contributed by atoms with Crippen molar-refractivity contribution in [3.8, 4) is 11.3 Å². The Morgan fingerprint density at radius 2 is 1.67 bits per heavy atom. The molecule has 0 fully saturated rings. The summed E-state index contributed by atoms with van der Waals surface area (Å²) in [4.78, 5) is 11.6. The molecule has 1 N–H and O–H groups in total. The van der Waals surface area contributed by atoms with E-state index in [1.165, 1.54) is 12.1 Å². The van der Waals surface area contributed by atoms with Crippen molar-refractivity contribution in [2.75, 3.05) is 12.3 Å². The summed E-state index contributed by atoms with van der Waals surface area (Å²) in [5, 5.41) is 12.0. The topological polar surface area (TPSA) is 54.9 Å². The number of hydrogen-bond acceptors (Lipinski definition) is 4. The summed E-state index contributed by atoms with van der Waals surface area (Å²) in [6.45, 7) is -1.37. The van der Waals surface area contributed by atoms with Crippen molar-refractivity contribution in [1.82, 2.24) is 15.5 Å². The number of aromatic nitrogens is 2. The van der Waals surface area contributed by atoms with Crippen LogP contribution in [0.2, 0.25) is 0 Å². The first kappa shape index (κ1) is 19.1. The zero-order chi connectivity index (χ0) is 19.4. The highest BCUT2D eigenvalue weighted by Crippen LogP contribution is 2.31.